The summed E-state index contributed by atoms with van der Waals surface area (Å²) in [6.45, 7) is -0.271. The Morgan fingerprint density at radius 3 is 2.47 bits per heavy atom. The fourth-order valence-corrected chi connectivity index (χ4v) is 3.15. The predicted molar refractivity (Wildman–Crippen MR) is 65.0 cm³/mol. The Morgan fingerprint density at radius 2 is 2.00 bits per heavy atom. The first-order chi connectivity index (χ1) is 7.97. The lowest BCUT2D eigenvalue weighted by Gasteiger charge is -2.34. The maximum Gasteiger partial charge on any atom is 0.306 e. The zero-order chi connectivity index (χ0) is 12.9. The molecule has 1 rings (SSSR count). The molecule has 6 heteroatoms. The van der Waals surface area contributed by atoms with E-state index in [1.165, 1.54) is 11.8 Å². The molecule has 0 radical (unpaired) electrons. The Bertz CT molecular complexity index is 250. The number of aliphatic hydroxyl groups is 3. The highest BCUT2D eigenvalue weighted by atomic mass is 32.2. The second kappa shape index (κ2) is 6.58. The number of carbonyl (C=O) groups is 1. The molecule has 0 bridgehead atoms. The third kappa shape index (κ3) is 4.83. The van der Waals surface area contributed by atoms with Crippen molar-refractivity contribution in [3.05, 3.63) is 0 Å². The number of thioether (sulfide) groups is 1. The van der Waals surface area contributed by atoms with Gasteiger partial charge in [-0.05, 0) is 25.7 Å². The quantitative estimate of drug-likeness (QED) is 0.542. The van der Waals surface area contributed by atoms with Crippen molar-refractivity contribution in [2.24, 2.45) is 5.92 Å². The Labute approximate surface area is 105 Å². The van der Waals surface area contributed by atoms with Gasteiger partial charge >= 0.3 is 5.97 Å². The minimum absolute atomic E-state index is 0.271. The molecule has 0 aliphatic heterocycles. The van der Waals surface area contributed by atoms with Gasteiger partial charge in [0.1, 0.15) is 0 Å². The van der Waals surface area contributed by atoms with Crippen LogP contribution in [0.25, 0.3) is 0 Å². The van der Waals surface area contributed by atoms with E-state index in [0.717, 1.165) is 0 Å². The molecule has 4 N–H and O–H groups in total. The van der Waals surface area contributed by atoms with Crippen LogP contribution in [-0.2, 0) is 4.79 Å². The number of hydrogen-bond donors (Lipinski definition) is 4. The average Bonchev–Trinajstić information content (AvgIpc) is 2.29. The molecule has 0 saturated heterocycles. The fourth-order valence-electron chi connectivity index (χ4n) is 1.98. The van der Waals surface area contributed by atoms with Gasteiger partial charge in [-0.1, -0.05) is 0 Å². The van der Waals surface area contributed by atoms with E-state index >= 15 is 0 Å². The van der Waals surface area contributed by atoms with Gasteiger partial charge in [-0.2, -0.15) is 11.8 Å². The Kier molecular flexibility index (Phi) is 5.72. The van der Waals surface area contributed by atoms with Crippen LogP contribution in [0.1, 0.15) is 25.7 Å². The van der Waals surface area contributed by atoms with E-state index in [-0.39, 0.29) is 12.5 Å². The summed E-state index contributed by atoms with van der Waals surface area (Å²) in [5.41, 5.74) is -0.814. The van der Waals surface area contributed by atoms with E-state index in [0.29, 0.717) is 37.2 Å². The fraction of sp³-hybridized carbons (Fsp3) is 0.909. The van der Waals surface area contributed by atoms with Gasteiger partial charge in [0.15, 0.2) is 0 Å². The van der Waals surface area contributed by atoms with Crippen molar-refractivity contribution in [1.29, 1.82) is 0 Å². The maximum absolute atomic E-state index is 10.8. The van der Waals surface area contributed by atoms with Gasteiger partial charge in [-0.25, -0.2) is 0 Å². The summed E-state index contributed by atoms with van der Waals surface area (Å²) in [4.78, 5) is 10.8. The molecular weight excluding hydrogens is 244 g/mol. The van der Waals surface area contributed by atoms with Crippen molar-refractivity contribution in [3.8, 4) is 0 Å². The van der Waals surface area contributed by atoms with E-state index in [1.54, 1.807) is 0 Å². The zero-order valence-electron chi connectivity index (χ0n) is 9.71. The van der Waals surface area contributed by atoms with Crippen molar-refractivity contribution in [2.45, 2.75) is 37.4 Å². The first-order valence-electron chi connectivity index (χ1n) is 5.79. The van der Waals surface area contributed by atoms with Crippen LogP contribution in [-0.4, -0.2) is 56.2 Å². The van der Waals surface area contributed by atoms with Crippen LogP contribution in [0.5, 0.6) is 0 Å². The SMILES string of the molecule is O=C(O)C1CCC(O)(CSCC(O)CO)CC1. The van der Waals surface area contributed by atoms with Crippen molar-refractivity contribution in [2.75, 3.05) is 18.1 Å². The summed E-state index contributed by atoms with van der Waals surface area (Å²) in [5.74, 6) is -0.240. The normalized spacial score (nSPS) is 31.1. The molecule has 5 nitrogen and oxygen atoms in total. The first-order valence-corrected chi connectivity index (χ1v) is 6.94. The largest absolute Gasteiger partial charge is 0.481 e. The summed E-state index contributed by atoms with van der Waals surface area (Å²) in [5, 5.41) is 36.8. The predicted octanol–water partition coefficient (Wildman–Crippen LogP) is 0.0787. The Hall–Kier alpha value is -0.300. The lowest BCUT2D eigenvalue weighted by molar-refractivity contribution is -0.144. The van der Waals surface area contributed by atoms with Crippen LogP contribution in [0.2, 0.25) is 0 Å². The highest BCUT2D eigenvalue weighted by Crippen LogP contribution is 2.34. The second-order valence-electron chi connectivity index (χ2n) is 4.69. The summed E-state index contributed by atoms with van der Waals surface area (Å²) < 4.78 is 0. The van der Waals surface area contributed by atoms with E-state index in [9.17, 15) is 9.90 Å². The van der Waals surface area contributed by atoms with Gasteiger partial charge in [0.05, 0.1) is 24.2 Å². The van der Waals surface area contributed by atoms with Crippen LogP contribution >= 0.6 is 11.8 Å². The highest BCUT2D eigenvalue weighted by Gasteiger charge is 2.35. The molecule has 100 valence electrons. The van der Waals surface area contributed by atoms with E-state index in [2.05, 4.69) is 0 Å². The van der Waals surface area contributed by atoms with E-state index < -0.39 is 17.7 Å². The van der Waals surface area contributed by atoms with Crippen LogP contribution < -0.4 is 0 Å². The lowest BCUT2D eigenvalue weighted by Crippen LogP contribution is -2.38. The van der Waals surface area contributed by atoms with Crippen molar-refractivity contribution >= 4 is 17.7 Å². The van der Waals surface area contributed by atoms with Crippen molar-refractivity contribution in [1.82, 2.24) is 0 Å². The molecule has 1 aliphatic rings. The molecule has 1 aliphatic carbocycles. The molecule has 0 amide bonds. The van der Waals surface area contributed by atoms with Crippen LogP contribution in [0.15, 0.2) is 0 Å². The monoisotopic (exact) mass is 264 g/mol. The molecule has 0 aromatic heterocycles. The number of hydrogen-bond acceptors (Lipinski definition) is 5. The molecule has 17 heavy (non-hydrogen) atoms. The molecule has 0 aromatic rings. The molecule has 1 saturated carbocycles. The number of aliphatic hydroxyl groups excluding tert-OH is 2. The van der Waals surface area contributed by atoms with Crippen LogP contribution in [0.3, 0.4) is 0 Å². The van der Waals surface area contributed by atoms with Gasteiger partial charge < -0.3 is 20.4 Å². The topological polar surface area (TPSA) is 98.0 Å². The maximum atomic E-state index is 10.8. The van der Waals surface area contributed by atoms with Crippen molar-refractivity contribution < 1.29 is 25.2 Å². The van der Waals surface area contributed by atoms with E-state index in [1.807, 2.05) is 0 Å². The molecule has 1 atom stereocenters. The third-order valence-electron chi connectivity index (χ3n) is 3.16. The Balaban J connectivity index is 2.27. The smallest absolute Gasteiger partial charge is 0.306 e. The molecule has 0 heterocycles. The zero-order valence-corrected chi connectivity index (χ0v) is 10.5. The summed E-state index contributed by atoms with van der Waals surface area (Å²) >= 11 is 1.39. The standard InChI is InChI=1S/C11H20O5S/c12-5-9(13)6-17-7-11(16)3-1-8(2-4-11)10(14)15/h8-9,12-13,16H,1-7H2,(H,14,15). The first kappa shape index (κ1) is 14.8. The molecule has 1 fully saturated rings. The minimum Gasteiger partial charge on any atom is -0.481 e. The van der Waals surface area contributed by atoms with Gasteiger partial charge in [0.25, 0.3) is 0 Å². The third-order valence-corrected chi connectivity index (χ3v) is 4.52. The van der Waals surface area contributed by atoms with Crippen molar-refractivity contribution in [3.63, 3.8) is 0 Å². The van der Waals surface area contributed by atoms with E-state index in [4.69, 9.17) is 15.3 Å². The van der Waals surface area contributed by atoms with Crippen LogP contribution in [0.4, 0.5) is 0 Å². The number of aliphatic carboxylic acids is 1. The summed E-state index contributed by atoms with van der Waals surface area (Å²) in [6, 6.07) is 0. The van der Waals surface area contributed by atoms with Gasteiger partial charge in [0, 0.05) is 11.5 Å². The summed E-state index contributed by atoms with van der Waals surface area (Å²) in [7, 11) is 0. The number of rotatable bonds is 6. The van der Waals surface area contributed by atoms with Gasteiger partial charge in [-0.15, -0.1) is 0 Å². The molecular formula is C11H20O5S. The number of carboxylic acid groups (broad SMARTS) is 1. The second-order valence-corrected chi connectivity index (χ2v) is 5.72. The molecule has 0 aromatic carbocycles. The van der Waals surface area contributed by atoms with Crippen LogP contribution in [0, 0.1) is 5.92 Å². The molecule has 0 spiro atoms. The average molecular weight is 264 g/mol. The summed E-state index contributed by atoms with van der Waals surface area (Å²) in [6.07, 6.45) is 1.25. The van der Waals surface area contributed by atoms with Gasteiger partial charge in [-0.3, -0.25) is 4.79 Å². The Morgan fingerprint density at radius 1 is 1.41 bits per heavy atom. The molecule has 1 unspecified atom stereocenters. The lowest BCUT2D eigenvalue weighted by atomic mass is 9.80. The van der Waals surface area contributed by atoms with Gasteiger partial charge in [0.2, 0.25) is 0 Å². The highest BCUT2D eigenvalue weighted by molar-refractivity contribution is 7.99. The minimum atomic E-state index is -0.814. The number of carboxylic acids is 1.